The lowest BCUT2D eigenvalue weighted by Crippen LogP contribution is -2.37. The Morgan fingerprint density at radius 3 is 2.72 bits per heavy atom. The molecule has 1 aromatic rings. The molecule has 0 spiro atoms. The van der Waals surface area contributed by atoms with Crippen molar-refractivity contribution in [2.24, 2.45) is 0 Å². The third-order valence-electron chi connectivity index (χ3n) is 2.50. The molecule has 0 radical (unpaired) electrons. The van der Waals surface area contributed by atoms with Crippen LogP contribution in [-0.4, -0.2) is 35.6 Å². The van der Waals surface area contributed by atoms with Gasteiger partial charge in [0.05, 0.1) is 13.0 Å². The van der Waals surface area contributed by atoms with Crippen LogP contribution in [0.3, 0.4) is 0 Å². The SMILES string of the molecule is COC[C@@H](C)NC(=O)Cc1c(C)nc(C)[nH]c1=O. The second-order valence-electron chi connectivity index (χ2n) is 4.32. The van der Waals surface area contributed by atoms with E-state index in [0.717, 1.165) is 0 Å². The number of aromatic amines is 1. The summed E-state index contributed by atoms with van der Waals surface area (Å²) in [7, 11) is 1.57. The van der Waals surface area contributed by atoms with Crippen LogP contribution in [0, 0.1) is 13.8 Å². The molecule has 0 bridgehead atoms. The molecule has 100 valence electrons. The molecule has 0 aliphatic heterocycles. The molecule has 0 saturated heterocycles. The number of amides is 1. The topological polar surface area (TPSA) is 84.1 Å². The van der Waals surface area contributed by atoms with E-state index in [4.69, 9.17) is 4.74 Å². The Kier molecular flexibility index (Phi) is 5.03. The summed E-state index contributed by atoms with van der Waals surface area (Å²) in [5, 5.41) is 2.75. The molecular weight excluding hydrogens is 234 g/mol. The number of carbonyl (C=O) groups excluding carboxylic acids is 1. The van der Waals surface area contributed by atoms with Gasteiger partial charge in [-0.05, 0) is 20.8 Å². The van der Waals surface area contributed by atoms with Crippen LogP contribution in [0.5, 0.6) is 0 Å². The number of hydrogen-bond acceptors (Lipinski definition) is 4. The number of aryl methyl sites for hydroxylation is 2. The molecule has 6 nitrogen and oxygen atoms in total. The number of rotatable bonds is 5. The maximum Gasteiger partial charge on any atom is 0.254 e. The third kappa shape index (κ3) is 3.96. The van der Waals surface area contributed by atoms with E-state index >= 15 is 0 Å². The molecule has 18 heavy (non-hydrogen) atoms. The predicted octanol–water partition coefficient (Wildman–Crippen LogP) is 0.0803. The minimum Gasteiger partial charge on any atom is -0.383 e. The number of carbonyl (C=O) groups is 1. The van der Waals surface area contributed by atoms with Crippen LogP contribution in [0.1, 0.15) is 24.0 Å². The highest BCUT2D eigenvalue weighted by Crippen LogP contribution is 2.00. The van der Waals surface area contributed by atoms with Crippen molar-refractivity contribution in [2.75, 3.05) is 13.7 Å². The van der Waals surface area contributed by atoms with Crippen LogP contribution in [0.2, 0.25) is 0 Å². The maximum atomic E-state index is 11.7. The molecule has 6 heteroatoms. The number of methoxy groups -OCH3 is 1. The van der Waals surface area contributed by atoms with E-state index in [1.165, 1.54) is 0 Å². The normalized spacial score (nSPS) is 12.2. The van der Waals surface area contributed by atoms with Gasteiger partial charge in [-0.2, -0.15) is 0 Å². The average Bonchev–Trinajstić information content (AvgIpc) is 2.23. The Labute approximate surface area is 106 Å². The van der Waals surface area contributed by atoms with Crippen molar-refractivity contribution in [3.8, 4) is 0 Å². The van der Waals surface area contributed by atoms with E-state index in [1.54, 1.807) is 21.0 Å². The van der Waals surface area contributed by atoms with Gasteiger partial charge in [0.15, 0.2) is 0 Å². The number of ether oxygens (including phenoxy) is 1. The first-order chi connectivity index (χ1) is 8.43. The summed E-state index contributed by atoms with van der Waals surface area (Å²) in [5.41, 5.74) is 0.739. The molecule has 1 heterocycles. The van der Waals surface area contributed by atoms with Gasteiger partial charge in [0, 0.05) is 24.4 Å². The van der Waals surface area contributed by atoms with Crippen LogP contribution in [0.4, 0.5) is 0 Å². The smallest absolute Gasteiger partial charge is 0.254 e. The fraction of sp³-hybridized carbons (Fsp3) is 0.583. The zero-order chi connectivity index (χ0) is 13.7. The second kappa shape index (κ2) is 6.30. The van der Waals surface area contributed by atoms with Crippen molar-refractivity contribution in [3.05, 3.63) is 27.4 Å². The average molecular weight is 253 g/mol. The van der Waals surface area contributed by atoms with Gasteiger partial charge in [-0.1, -0.05) is 0 Å². The third-order valence-corrected chi connectivity index (χ3v) is 2.50. The lowest BCUT2D eigenvalue weighted by Gasteiger charge is -2.13. The van der Waals surface area contributed by atoms with E-state index in [9.17, 15) is 9.59 Å². The summed E-state index contributed by atoms with van der Waals surface area (Å²) in [5.74, 6) is 0.341. The Morgan fingerprint density at radius 2 is 2.17 bits per heavy atom. The molecule has 2 N–H and O–H groups in total. The van der Waals surface area contributed by atoms with Gasteiger partial charge in [0.1, 0.15) is 5.82 Å². The molecule has 1 amide bonds. The Morgan fingerprint density at radius 1 is 1.50 bits per heavy atom. The molecule has 0 aliphatic rings. The lowest BCUT2D eigenvalue weighted by molar-refractivity contribution is -0.121. The van der Waals surface area contributed by atoms with Gasteiger partial charge in [-0.3, -0.25) is 9.59 Å². The van der Waals surface area contributed by atoms with Gasteiger partial charge < -0.3 is 15.0 Å². The number of aromatic nitrogens is 2. The number of hydrogen-bond donors (Lipinski definition) is 2. The molecule has 0 aromatic carbocycles. The lowest BCUT2D eigenvalue weighted by atomic mass is 10.1. The molecule has 1 rings (SSSR count). The van der Waals surface area contributed by atoms with Crippen LogP contribution < -0.4 is 10.9 Å². The Hall–Kier alpha value is -1.69. The molecule has 0 saturated carbocycles. The summed E-state index contributed by atoms with van der Waals surface area (Å²) >= 11 is 0. The monoisotopic (exact) mass is 253 g/mol. The summed E-state index contributed by atoms with van der Waals surface area (Å²) in [6, 6.07) is -0.0831. The fourth-order valence-corrected chi connectivity index (χ4v) is 1.74. The highest BCUT2D eigenvalue weighted by molar-refractivity contribution is 5.78. The zero-order valence-corrected chi connectivity index (χ0v) is 11.2. The number of H-pyrrole nitrogens is 1. The van der Waals surface area contributed by atoms with E-state index in [-0.39, 0.29) is 23.9 Å². The van der Waals surface area contributed by atoms with E-state index in [1.807, 2.05) is 6.92 Å². The van der Waals surface area contributed by atoms with Crippen molar-refractivity contribution in [1.29, 1.82) is 0 Å². The standard InChI is InChI=1S/C12H19N3O3/c1-7(6-18-4)13-11(16)5-10-8(2)14-9(3)15-12(10)17/h7H,5-6H2,1-4H3,(H,13,16)(H,14,15,17)/t7-/m1/s1. The summed E-state index contributed by atoms with van der Waals surface area (Å²) in [4.78, 5) is 30.2. The maximum absolute atomic E-state index is 11.7. The molecule has 1 atom stereocenters. The second-order valence-corrected chi connectivity index (χ2v) is 4.32. The summed E-state index contributed by atoms with van der Waals surface area (Å²) in [6.07, 6.45) is 0.0303. The Bertz CT molecular complexity index is 482. The van der Waals surface area contributed by atoms with Crippen LogP contribution >= 0.6 is 0 Å². The van der Waals surface area contributed by atoms with E-state index in [2.05, 4.69) is 15.3 Å². The molecule has 0 aliphatic carbocycles. The minimum atomic E-state index is -0.255. The first-order valence-electron chi connectivity index (χ1n) is 5.78. The van der Waals surface area contributed by atoms with Gasteiger partial charge in [-0.25, -0.2) is 4.98 Å². The first-order valence-corrected chi connectivity index (χ1v) is 5.78. The fourth-order valence-electron chi connectivity index (χ4n) is 1.74. The largest absolute Gasteiger partial charge is 0.383 e. The quantitative estimate of drug-likeness (QED) is 0.778. The highest BCUT2D eigenvalue weighted by atomic mass is 16.5. The molecule has 1 aromatic heterocycles. The van der Waals surface area contributed by atoms with E-state index < -0.39 is 0 Å². The van der Waals surface area contributed by atoms with Crippen molar-refractivity contribution < 1.29 is 9.53 Å². The van der Waals surface area contributed by atoms with Crippen molar-refractivity contribution in [3.63, 3.8) is 0 Å². The molecule has 0 unspecified atom stereocenters. The van der Waals surface area contributed by atoms with Crippen LogP contribution in [0.25, 0.3) is 0 Å². The highest BCUT2D eigenvalue weighted by Gasteiger charge is 2.13. The van der Waals surface area contributed by atoms with Crippen molar-refractivity contribution in [1.82, 2.24) is 15.3 Å². The van der Waals surface area contributed by atoms with Crippen molar-refractivity contribution >= 4 is 5.91 Å². The number of nitrogens with zero attached hydrogens (tertiary/aromatic N) is 1. The molecule has 0 fully saturated rings. The van der Waals surface area contributed by atoms with Gasteiger partial charge in [0.25, 0.3) is 5.56 Å². The Balaban J connectivity index is 2.74. The molecular formula is C12H19N3O3. The summed E-state index contributed by atoms with van der Waals surface area (Å²) < 4.78 is 4.92. The zero-order valence-electron chi connectivity index (χ0n) is 11.2. The van der Waals surface area contributed by atoms with Crippen LogP contribution in [0.15, 0.2) is 4.79 Å². The number of nitrogens with one attached hydrogen (secondary N) is 2. The van der Waals surface area contributed by atoms with Crippen molar-refractivity contribution in [2.45, 2.75) is 33.2 Å². The summed E-state index contributed by atoms with van der Waals surface area (Å²) in [6.45, 7) is 5.71. The minimum absolute atomic E-state index is 0.0303. The van der Waals surface area contributed by atoms with Crippen LogP contribution in [-0.2, 0) is 16.0 Å². The van der Waals surface area contributed by atoms with Gasteiger partial charge in [-0.15, -0.1) is 0 Å². The van der Waals surface area contributed by atoms with Gasteiger partial charge >= 0.3 is 0 Å². The predicted molar refractivity (Wildman–Crippen MR) is 67.5 cm³/mol. The van der Waals surface area contributed by atoms with Gasteiger partial charge in [0.2, 0.25) is 5.91 Å². The first kappa shape index (κ1) is 14.4. The van der Waals surface area contributed by atoms with E-state index in [0.29, 0.717) is 23.7 Å².